The van der Waals surface area contributed by atoms with Crippen LogP contribution in [0.15, 0.2) is 66.7 Å². The summed E-state index contributed by atoms with van der Waals surface area (Å²) in [6, 6.07) is 14.5. The van der Waals surface area contributed by atoms with Crippen LogP contribution in [0.3, 0.4) is 0 Å². The molecule has 0 N–H and O–H groups in total. The molecule has 2 aromatic carbocycles. The molecule has 5 rings (SSSR count). The van der Waals surface area contributed by atoms with E-state index in [-0.39, 0.29) is 29.9 Å². The first-order chi connectivity index (χ1) is 14.6. The van der Waals surface area contributed by atoms with Crippen LogP contribution in [0.5, 0.6) is 17.2 Å². The molecule has 0 spiro atoms. The van der Waals surface area contributed by atoms with Gasteiger partial charge in [-0.05, 0) is 47.5 Å². The molecule has 2 aliphatic rings. The maximum atomic E-state index is 12.9. The molecule has 0 aliphatic carbocycles. The van der Waals surface area contributed by atoms with Gasteiger partial charge >= 0.3 is 5.97 Å². The van der Waals surface area contributed by atoms with Gasteiger partial charge in [0.25, 0.3) is 0 Å². The Morgan fingerprint density at radius 3 is 2.63 bits per heavy atom. The van der Waals surface area contributed by atoms with Crippen LogP contribution < -0.4 is 14.2 Å². The number of Topliss-reactive ketones (excluding diaryl/α,β-unsaturated/α-hetero) is 1. The minimum Gasteiger partial charge on any atom is -0.497 e. The third-order valence-corrected chi connectivity index (χ3v) is 5.28. The average Bonchev–Trinajstić information content (AvgIpc) is 3.09. The number of hydrogen-bond acceptors (Lipinski definition) is 6. The molecule has 0 fully saturated rings. The first-order valence-electron chi connectivity index (χ1n) is 9.50. The number of esters is 1. The van der Waals surface area contributed by atoms with Crippen molar-refractivity contribution < 1.29 is 23.8 Å². The molecule has 30 heavy (non-hydrogen) atoms. The zero-order valence-corrected chi connectivity index (χ0v) is 16.1. The van der Waals surface area contributed by atoms with E-state index in [0.29, 0.717) is 22.6 Å². The number of benzene rings is 2. The standard InChI is InChI=1S/C24H17NO5/c1-28-16-6-4-15(5-7-16)18-12-21(26)29-19-9-8-17-23(27)20(30-24(17)22(18)19)11-14-3-2-10-25-13-14/h2-11,13,18H,12H2,1H3/b20-11-. The fraction of sp³-hybridized carbons (Fsp3) is 0.125. The number of rotatable bonds is 3. The maximum absolute atomic E-state index is 12.9. The van der Waals surface area contributed by atoms with E-state index in [1.165, 1.54) is 0 Å². The van der Waals surface area contributed by atoms with Gasteiger partial charge in [-0.2, -0.15) is 0 Å². The van der Waals surface area contributed by atoms with E-state index in [9.17, 15) is 9.59 Å². The summed E-state index contributed by atoms with van der Waals surface area (Å²) in [7, 11) is 1.60. The summed E-state index contributed by atoms with van der Waals surface area (Å²) in [5, 5.41) is 0. The summed E-state index contributed by atoms with van der Waals surface area (Å²) in [5.74, 6) is 0.996. The van der Waals surface area contributed by atoms with Crippen molar-refractivity contribution in [3.05, 3.63) is 88.9 Å². The van der Waals surface area contributed by atoms with Gasteiger partial charge in [0.05, 0.1) is 19.1 Å². The lowest BCUT2D eigenvalue weighted by Crippen LogP contribution is -2.21. The fourth-order valence-corrected chi connectivity index (χ4v) is 3.84. The number of ether oxygens (including phenoxy) is 3. The van der Waals surface area contributed by atoms with E-state index in [1.807, 2.05) is 30.3 Å². The van der Waals surface area contributed by atoms with Gasteiger partial charge in [-0.15, -0.1) is 0 Å². The highest BCUT2D eigenvalue weighted by atomic mass is 16.5. The second-order valence-corrected chi connectivity index (χ2v) is 7.08. The van der Waals surface area contributed by atoms with Gasteiger partial charge < -0.3 is 14.2 Å². The molecule has 3 aromatic rings. The SMILES string of the molecule is COc1ccc(C2CC(=O)Oc3ccc4c(c32)O/C(=C\c2cccnc2)C4=O)cc1. The predicted octanol–water partition coefficient (Wildman–Crippen LogP) is 4.15. The Morgan fingerprint density at radius 2 is 1.90 bits per heavy atom. The van der Waals surface area contributed by atoms with Gasteiger partial charge in [0.15, 0.2) is 5.76 Å². The molecule has 0 amide bonds. The van der Waals surface area contributed by atoms with E-state index >= 15 is 0 Å². The number of allylic oxidation sites excluding steroid dienone is 1. The van der Waals surface area contributed by atoms with E-state index in [4.69, 9.17) is 14.2 Å². The molecule has 2 aliphatic heterocycles. The third-order valence-electron chi connectivity index (χ3n) is 5.28. The molecule has 1 aromatic heterocycles. The second kappa shape index (κ2) is 7.15. The van der Waals surface area contributed by atoms with Crippen LogP contribution >= 0.6 is 0 Å². The van der Waals surface area contributed by atoms with Crippen LogP contribution in [-0.4, -0.2) is 23.8 Å². The quantitative estimate of drug-likeness (QED) is 0.374. The van der Waals surface area contributed by atoms with Crippen molar-refractivity contribution in [2.75, 3.05) is 7.11 Å². The third kappa shape index (κ3) is 3.03. The minimum absolute atomic E-state index is 0.162. The smallest absolute Gasteiger partial charge is 0.312 e. The highest BCUT2D eigenvalue weighted by Crippen LogP contribution is 2.49. The highest BCUT2D eigenvalue weighted by molar-refractivity contribution is 6.15. The number of nitrogens with zero attached hydrogens (tertiary/aromatic N) is 1. The number of carbonyl (C=O) groups is 2. The number of hydrogen-bond donors (Lipinski definition) is 0. The van der Waals surface area contributed by atoms with Crippen LogP contribution in [0, 0.1) is 0 Å². The van der Waals surface area contributed by atoms with E-state index in [0.717, 1.165) is 16.9 Å². The summed E-state index contributed by atoms with van der Waals surface area (Å²) in [5.41, 5.74) is 2.85. The van der Waals surface area contributed by atoms with Crippen LogP contribution in [0.1, 0.15) is 39.4 Å². The summed E-state index contributed by atoms with van der Waals surface area (Å²) < 4.78 is 16.7. The van der Waals surface area contributed by atoms with Crippen LogP contribution in [0.2, 0.25) is 0 Å². The van der Waals surface area contributed by atoms with Crippen molar-refractivity contribution in [1.82, 2.24) is 4.98 Å². The summed E-state index contributed by atoms with van der Waals surface area (Å²) in [6.45, 7) is 0. The summed E-state index contributed by atoms with van der Waals surface area (Å²) in [4.78, 5) is 29.2. The number of fused-ring (bicyclic) bond motifs is 3. The fourth-order valence-electron chi connectivity index (χ4n) is 3.84. The Balaban J connectivity index is 1.60. The predicted molar refractivity (Wildman–Crippen MR) is 109 cm³/mol. The zero-order chi connectivity index (χ0) is 20.7. The topological polar surface area (TPSA) is 74.7 Å². The lowest BCUT2D eigenvalue weighted by molar-refractivity contribution is -0.135. The lowest BCUT2D eigenvalue weighted by atomic mass is 9.84. The molecule has 0 radical (unpaired) electrons. The zero-order valence-electron chi connectivity index (χ0n) is 16.1. The van der Waals surface area contributed by atoms with Crippen LogP contribution in [-0.2, 0) is 4.79 Å². The monoisotopic (exact) mass is 399 g/mol. The molecule has 1 atom stereocenters. The van der Waals surface area contributed by atoms with Gasteiger partial charge in [0, 0.05) is 23.9 Å². The van der Waals surface area contributed by atoms with Crippen LogP contribution in [0.4, 0.5) is 0 Å². The normalized spacial score (nSPS) is 18.4. The molecule has 1 unspecified atom stereocenters. The molecule has 148 valence electrons. The van der Waals surface area contributed by atoms with Crippen molar-refractivity contribution in [2.24, 2.45) is 0 Å². The van der Waals surface area contributed by atoms with Gasteiger partial charge in [0.2, 0.25) is 5.78 Å². The first-order valence-corrected chi connectivity index (χ1v) is 9.50. The van der Waals surface area contributed by atoms with Crippen molar-refractivity contribution in [3.63, 3.8) is 0 Å². The van der Waals surface area contributed by atoms with Crippen molar-refractivity contribution >= 4 is 17.8 Å². The molecule has 0 saturated heterocycles. The number of ketones is 1. The molecular weight excluding hydrogens is 382 g/mol. The lowest BCUT2D eigenvalue weighted by Gasteiger charge is -2.26. The van der Waals surface area contributed by atoms with Gasteiger partial charge in [0.1, 0.15) is 17.2 Å². The van der Waals surface area contributed by atoms with Crippen molar-refractivity contribution in [2.45, 2.75) is 12.3 Å². The Kier molecular flexibility index (Phi) is 4.32. The highest BCUT2D eigenvalue weighted by Gasteiger charge is 2.38. The number of carbonyl (C=O) groups excluding carboxylic acids is 2. The Bertz CT molecular complexity index is 1180. The van der Waals surface area contributed by atoms with E-state index < -0.39 is 0 Å². The molecule has 3 heterocycles. The largest absolute Gasteiger partial charge is 0.497 e. The van der Waals surface area contributed by atoms with Gasteiger partial charge in [-0.3, -0.25) is 14.6 Å². The first kappa shape index (κ1) is 18.1. The number of aromatic nitrogens is 1. The molecule has 6 nitrogen and oxygen atoms in total. The Labute approximate surface area is 172 Å². The molecule has 6 heteroatoms. The van der Waals surface area contributed by atoms with E-state index in [1.54, 1.807) is 43.8 Å². The number of methoxy groups -OCH3 is 1. The Hall–Kier alpha value is -3.93. The maximum Gasteiger partial charge on any atom is 0.312 e. The van der Waals surface area contributed by atoms with Crippen molar-refractivity contribution in [1.29, 1.82) is 0 Å². The minimum atomic E-state index is -0.321. The summed E-state index contributed by atoms with van der Waals surface area (Å²) >= 11 is 0. The molecule has 0 bridgehead atoms. The van der Waals surface area contributed by atoms with Gasteiger partial charge in [-0.1, -0.05) is 18.2 Å². The van der Waals surface area contributed by atoms with Gasteiger partial charge in [-0.25, -0.2) is 0 Å². The van der Waals surface area contributed by atoms with Crippen LogP contribution in [0.25, 0.3) is 6.08 Å². The average molecular weight is 399 g/mol. The van der Waals surface area contributed by atoms with Crippen molar-refractivity contribution in [3.8, 4) is 17.2 Å². The Morgan fingerprint density at radius 1 is 1.07 bits per heavy atom. The molecular formula is C24H17NO5. The molecule has 0 saturated carbocycles. The van der Waals surface area contributed by atoms with E-state index in [2.05, 4.69) is 4.98 Å². The second-order valence-electron chi connectivity index (χ2n) is 7.08. The summed E-state index contributed by atoms with van der Waals surface area (Å²) in [6.07, 6.45) is 5.15. The number of pyridine rings is 1.